The fourth-order valence-corrected chi connectivity index (χ4v) is 6.33. The Labute approximate surface area is 247 Å². The van der Waals surface area contributed by atoms with Gasteiger partial charge in [0.1, 0.15) is 11.9 Å². The first-order chi connectivity index (χ1) is 20.6. The van der Waals surface area contributed by atoms with Crippen LogP contribution >= 0.6 is 0 Å². The van der Waals surface area contributed by atoms with Gasteiger partial charge in [0.25, 0.3) is 0 Å². The van der Waals surface area contributed by atoms with Crippen molar-refractivity contribution in [3.8, 4) is 11.3 Å². The molecular formula is C30H30N4O9. The summed E-state index contributed by atoms with van der Waals surface area (Å²) in [5, 5.41) is 0. The number of esters is 4. The van der Waals surface area contributed by atoms with Crippen molar-refractivity contribution in [2.45, 2.75) is 36.8 Å². The SMILES string of the molecule is COC(=O)CCC(=O)N1C2=NC(C(=O)OC)=C(C(=O)OC)C3N(C)c4ccc(-c5ccccn5)cc4[C@]23C[C@H]1C(=O)OC. The number of ether oxygens (including phenoxy) is 4. The van der Waals surface area contributed by atoms with E-state index in [-0.39, 0.29) is 36.4 Å². The van der Waals surface area contributed by atoms with Crippen molar-refractivity contribution in [2.75, 3.05) is 40.4 Å². The van der Waals surface area contributed by atoms with E-state index in [2.05, 4.69) is 9.98 Å². The molecule has 3 atom stereocenters. The summed E-state index contributed by atoms with van der Waals surface area (Å²) in [6, 6.07) is 8.98. The van der Waals surface area contributed by atoms with E-state index in [4.69, 9.17) is 18.9 Å². The molecule has 1 fully saturated rings. The Hall–Kier alpha value is -5.07. The number of hydrogen-bond donors (Lipinski definition) is 0. The molecule has 13 heteroatoms. The standard InChI is InChI=1S/C30H30N4O9/c1-33-19-10-9-16(18-8-6-7-13-31-18)14-17(19)30-15-20(26(37)41-3)34(21(35)11-12-22(36)40-2)29(30)32-24(28(39)43-5)23(25(30)33)27(38)42-4/h6-10,13-14,20,25H,11-12,15H2,1-5H3/t20-,25?,30-/m0/s1. The Balaban J connectivity index is 1.81. The number of pyridine rings is 1. The summed E-state index contributed by atoms with van der Waals surface area (Å²) in [5.41, 5.74) is 1.02. The van der Waals surface area contributed by atoms with Crippen molar-refractivity contribution in [1.29, 1.82) is 0 Å². The second kappa shape index (κ2) is 11.3. The Morgan fingerprint density at radius 2 is 1.67 bits per heavy atom. The topological polar surface area (TPSA) is 154 Å². The van der Waals surface area contributed by atoms with Crippen LogP contribution in [0.5, 0.6) is 0 Å². The molecule has 0 radical (unpaired) electrons. The summed E-state index contributed by atoms with van der Waals surface area (Å²) in [5.74, 6) is -3.65. The summed E-state index contributed by atoms with van der Waals surface area (Å²) >= 11 is 0. The van der Waals surface area contributed by atoms with Gasteiger partial charge in [0.05, 0.1) is 57.6 Å². The highest BCUT2D eigenvalue weighted by Gasteiger charge is 2.67. The van der Waals surface area contributed by atoms with E-state index in [0.717, 1.165) is 12.7 Å². The Bertz CT molecular complexity index is 1590. The second-order valence-electron chi connectivity index (χ2n) is 10.2. The van der Waals surface area contributed by atoms with Crippen LogP contribution in [-0.2, 0) is 48.3 Å². The highest BCUT2D eigenvalue weighted by Crippen LogP contribution is 2.58. The third-order valence-electron chi connectivity index (χ3n) is 8.17. The number of rotatable bonds is 7. The zero-order valence-corrected chi connectivity index (χ0v) is 24.3. The molecule has 3 aliphatic heterocycles. The van der Waals surface area contributed by atoms with Crippen molar-refractivity contribution in [3.05, 3.63) is 59.4 Å². The van der Waals surface area contributed by atoms with Gasteiger partial charge in [-0.1, -0.05) is 12.1 Å². The largest absolute Gasteiger partial charge is 0.469 e. The van der Waals surface area contributed by atoms with E-state index in [1.165, 1.54) is 26.2 Å². The number of likely N-dealkylation sites (tertiary alicyclic amines) is 1. The molecule has 1 aromatic heterocycles. The number of hydrogen-bond acceptors (Lipinski definition) is 12. The summed E-state index contributed by atoms with van der Waals surface area (Å²) in [4.78, 5) is 77.6. The molecule has 1 spiro atoms. The van der Waals surface area contributed by atoms with Crippen LogP contribution in [0.2, 0.25) is 0 Å². The molecule has 0 aliphatic carbocycles. The monoisotopic (exact) mass is 590 g/mol. The van der Waals surface area contributed by atoms with Crippen molar-refractivity contribution in [2.24, 2.45) is 4.99 Å². The number of amidine groups is 1. The van der Waals surface area contributed by atoms with Crippen molar-refractivity contribution >= 4 is 41.3 Å². The number of methoxy groups -OCH3 is 4. The van der Waals surface area contributed by atoms with Crippen LogP contribution < -0.4 is 4.90 Å². The molecule has 2 aromatic rings. The van der Waals surface area contributed by atoms with Gasteiger partial charge in [-0.05, 0) is 36.2 Å². The molecule has 224 valence electrons. The predicted octanol–water partition coefficient (Wildman–Crippen LogP) is 1.54. The van der Waals surface area contributed by atoms with Gasteiger partial charge in [-0.25, -0.2) is 19.4 Å². The van der Waals surface area contributed by atoms with Crippen LogP contribution in [0, 0.1) is 0 Å². The normalized spacial score (nSPS) is 21.7. The smallest absolute Gasteiger partial charge is 0.357 e. The molecule has 4 heterocycles. The minimum absolute atomic E-state index is 0.0366. The number of benzene rings is 1. The first kappa shape index (κ1) is 29.4. The highest BCUT2D eigenvalue weighted by atomic mass is 16.5. The number of carbonyl (C=O) groups excluding carboxylic acids is 5. The molecule has 1 aromatic carbocycles. The lowest BCUT2D eigenvalue weighted by molar-refractivity contribution is -0.149. The average Bonchev–Trinajstić information content (AvgIpc) is 3.52. The van der Waals surface area contributed by atoms with Crippen LogP contribution in [0.15, 0.2) is 58.9 Å². The van der Waals surface area contributed by atoms with E-state index < -0.39 is 47.3 Å². The van der Waals surface area contributed by atoms with Gasteiger partial charge in [0.15, 0.2) is 5.70 Å². The Morgan fingerprint density at radius 3 is 2.30 bits per heavy atom. The van der Waals surface area contributed by atoms with Gasteiger partial charge in [-0.15, -0.1) is 0 Å². The van der Waals surface area contributed by atoms with Gasteiger partial charge < -0.3 is 23.8 Å². The number of likely N-dealkylation sites (N-methyl/N-ethyl adjacent to an activating group) is 1. The molecular weight excluding hydrogens is 560 g/mol. The van der Waals surface area contributed by atoms with Gasteiger partial charge in [-0.3, -0.25) is 19.5 Å². The van der Waals surface area contributed by atoms with Crippen molar-refractivity contribution in [3.63, 3.8) is 0 Å². The molecule has 0 saturated carbocycles. The van der Waals surface area contributed by atoms with E-state index in [1.54, 1.807) is 24.2 Å². The Kier molecular flexibility index (Phi) is 7.74. The van der Waals surface area contributed by atoms with Gasteiger partial charge >= 0.3 is 23.9 Å². The lowest BCUT2D eigenvalue weighted by Crippen LogP contribution is -2.55. The molecule has 5 rings (SSSR count). The van der Waals surface area contributed by atoms with Gasteiger partial charge in [-0.2, -0.15) is 0 Å². The number of aromatic nitrogens is 1. The summed E-state index contributed by atoms with van der Waals surface area (Å²) < 4.78 is 19.9. The number of anilines is 1. The van der Waals surface area contributed by atoms with Crippen LogP contribution in [0.3, 0.4) is 0 Å². The third-order valence-corrected chi connectivity index (χ3v) is 8.17. The molecule has 1 amide bonds. The third kappa shape index (κ3) is 4.51. The maximum absolute atomic E-state index is 13.8. The number of fused-ring (bicyclic) bond motifs is 1. The zero-order chi connectivity index (χ0) is 31.1. The van der Waals surface area contributed by atoms with E-state index in [1.807, 2.05) is 30.3 Å². The van der Waals surface area contributed by atoms with Crippen molar-refractivity contribution in [1.82, 2.24) is 9.88 Å². The minimum atomic E-state index is -1.30. The fraction of sp³-hybridized carbons (Fsp3) is 0.367. The summed E-state index contributed by atoms with van der Waals surface area (Å²) in [6.45, 7) is 0. The van der Waals surface area contributed by atoms with Gasteiger partial charge in [0, 0.05) is 30.9 Å². The van der Waals surface area contributed by atoms with E-state index in [0.29, 0.717) is 16.9 Å². The number of nitrogens with zero attached hydrogens (tertiary/aromatic N) is 4. The van der Waals surface area contributed by atoms with Gasteiger partial charge in [0.2, 0.25) is 5.91 Å². The number of aliphatic imine (C=N–C) groups is 1. The lowest BCUT2D eigenvalue weighted by Gasteiger charge is -2.39. The van der Waals surface area contributed by atoms with Crippen LogP contribution in [-0.4, -0.2) is 93.1 Å². The second-order valence-corrected chi connectivity index (χ2v) is 10.2. The van der Waals surface area contributed by atoms with Crippen LogP contribution in [0.1, 0.15) is 24.8 Å². The zero-order valence-electron chi connectivity index (χ0n) is 24.3. The Morgan fingerprint density at radius 1 is 0.930 bits per heavy atom. The highest BCUT2D eigenvalue weighted by molar-refractivity contribution is 6.17. The molecule has 1 unspecified atom stereocenters. The molecule has 13 nitrogen and oxygen atoms in total. The summed E-state index contributed by atoms with van der Waals surface area (Å²) in [6.07, 6.45) is 1.06. The van der Waals surface area contributed by atoms with E-state index in [9.17, 15) is 24.0 Å². The maximum atomic E-state index is 13.8. The van der Waals surface area contributed by atoms with Crippen LogP contribution in [0.4, 0.5) is 5.69 Å². The first-order valence-corrected chi connectivity index (χ1v) is 13.4. The quantitative estimate of drug-likeness (QED) is 0.341. The number of carbonyl (C=O) groups is 5. The molecule has 43 heavy (non-hydrogen) atoms. The molecule has 0 bridgehead atoms. The number of amides is 1. The van der Waals surface area contributed by atoms with Crippen LogP contribution in [0.25, 0.3) is 11.3 Å². The maximum Gasteiger partial charge on any atom is 0.357 e. The average molecular weight is 591 g/mol. The molecule has 0 N–H and O–H groups in total. The lowest BCUT2D eigenvalue weighted by atomic mass is 9.69. The molecule has 1 saturated heterocycles. The fourth-order valence-electron chi connectivity index (χ4n) is 6.33. The summed E-state index contributed by atoms with van der Waals surface area (Å²) in [7, 11) is 6.48. The van der Waals surface area contributed by atoms with Crippen molar-refractivity contribution < 1.29 is 42.9 Å². The predicted molar refractivity (Wildman–Crippen MR) is 151 cm³/mol. The first-order valence-electron chi connectivity index (χ1n) is 13.4. The van der Waals surface area contributed by atoms with E-state index >= 15 is 0 Å². The molecule has 3 aliphatic rings. The minimum Gasteiger partial charge on any atom is -0.469 e.